The summed E-state index contributed by atoms with van der Waals surface area (Å²) in [6.07, 6.45) is 0. The maximum Gasteiger partial charge on any atom is 0.269 e. The zero-order valence-electron chi connectivity index (χ0n) is 13.6. The van der Waals surface area contributed by atoms with Crippen molar-refractivity contribution in [1.29, 1.82) is 0 Å². The van der Waals surface area contributed by atoms with Crippen LogP contribution in [0, 0.1) is 17.0 Å². The number of carbonyl (C=O) groups excluding carboxylic acids is 1. The number of nitro groups is 1. The first-order valence-electron chi connectivity index (χ1n) is 7.59. The quantitative estimate of drug-likeness (QED) is 0.290. The lowest BCUT2D eigenvalue weighted by atomic mass is 10.2. The minimum atomic E-state index is -0.436. The molecule has 0 unspecified atom stereocenters. The SMILES string of the molecule is Cc1cc(Br)ccc1SCC(=O)NCCNc1ccc([N+](=O)[O-])cc1. The smallest absolute Gasteiger partial charge is 0.269 e. The normalized spacial score (nSPS) is 10.3. The van der Waals surface area contributed by atoms with E-state index in [2.05, 4.69) is 26.6 Å². The van der Waals surface area contributed by atoms with E-state index in [0.717, 1.165) is 20.6 Å². The number of amides is 1. The molecule has 0 heterocycles. The van der Waals surface area contributed by atoms with Crippen LogP contribution in [0.5, 0.6) is 0 Å². The number of nitrogens with zero attached hydrogens (tertiary/aromatic N) is 1. The topological polar surface area (TPSA) is 84.3 Å². The highest BCUT2D eigenvalue weighted by atomic mass is 79.9. The number of rotatable bonds is 8. The number of halogens is 1. The molecule has 6 nitrogen and oxygen atoms in total. The van der Waals surface area contributed by atoms with Crippen molar-refractivity contribution in [3.63, 3.8) is 0 Å². The third-order valence-corrected chi connectivity index (χ3v) is 5.02. The van der Waals surface area contributed by atoms with Crippen molar-refractivity contribution < 1.29 is 9.72 Å². The van der Waals surface area contributed by atoms with Gasteiger partial charge in [-0.05, 0) is 42.8 Å². The summed E-state index contributed by atoms with van der Waals surface area (Å²) in [7, 11) is 0. The molecule has 2 aromatic carbocycles. The van der Waals surface area contributed by atoms with Gasteiger partial charge in [-0.15, -0.1) is 11.8 Å². The minimum Gasteiger partial charge on any atom is -0.383 e. The first kappa shape index (κ1) is 19.3. The Hall–Kier alpha value is -2.06. The molecule has 2 aromatic rings. The van der Waals surface area contributed by atoms with Crippen molar-refractivity contribution in [3.8, 4) is 0 Å². The number of nitro benzene ring substituents is 1. The largest absolute Gasteiger partial charge is 0.383 e. The fourth-order valence-electron chi connectivity index (χ4n) is 2.08. The molecule has 132 valence electrons. The second kappa shape index (κ2) is 9.43. The van der Waals surface area contributed by atoms with Gasteiger partial charge in [-0.1, -0.05) is 15.9 Å². The summed E-state index contributed by atoms with van der Waals surface area (Å²) < 4.78 is 1.02. The summed E-state index contributed by atoms with van der Waals surface area (Å²) in [6, 6.07) is 12.2. The molecule has 1 amide bonds. The van der Waals surface area contributed by atoms with Crippen molar-refractivity contribution in [2.45, 2.75) is 11.8 Å². The fourth-order valence-corrected chi connectivity index (χ4v) is 3.39. The molecule has 0 spiro atoms. The van der Waals surface area contributed by atoms with Crippen LogP contribution in [0.1, 0.15) is 5.56 Å². The van der Waals surface area contributed by atoms with Crippen molar-refractivity contribution >= 4 is 45.0 Å². The lowest BCUT2D eigenvalue weighted by molar-refractivity contribution is -0.384. The maximum atomic E-state index is 11.9. The zero-order valence-corrected chi connectivity index (χ0v) is 16.0. The summed E-state index contributed by atoms with van der Waals surface area (Å²) in [6.45, 7) is 3.04. The van der Waals surface area contributed by atoms with Gasteiger partial charge in [0, 0.05) is 40.3 Å². The number of carbonyl (C=O) groups is 1. The van der Waals surface area contributed by atoms with E-state index < -0.39 is 4.92 Å². The second-order valence-corrected chi connectivity index (χ2v) is 7.21. The molecule has 0 saturated heterocycles. The highest BCUT2D eigenvalue weighted by Gasteiger charge is 2.06. The van der Waals surface area contributed by atoms with Crippen molar-refractivity contribution in [1.82, 2.24) is 5.32 Å². The van der Waals surface area contributed by atoms with Gasteiger partial charge in [-0.3, -0.25) is 14.9 Å². The number of thioether (sulfide) groups is 1. The van der Waals surface area contributed by atoms with Gasteiger partial charge in [-0.2, -0.15) is 0 Å². The molecule has 8 heteroatoms. The fraction of sp³-hybridized carbons (Fsp3) is 0.235. The minimum absolute atomic E-state index is 0.0298. The highest BCUT2D eigenvalue weighted by molar-refractivity contribution is 9.10. The first-order valence-corrected chi connectivity index (χ1v) is 9.37. The van der Waals surface area contributed by atoms with Gasteiger partial charge in [0.1, 0.15) is 0 Å². The van der Waals surface area contributed by atoms with Crippen LogP contribution in [0.4, 0.5) is 11.4 Å². The molecule has 25 heavy (non-hydrogen) atoms. The molecule has 0 fully saturated rings. The van der Waals surface area contributed by atoms with E-state index in [1.165, 1.54) is 23.9 Å². The number of aryl methyl sites for hydroxylation is 1. The molecule has 2 rings (SSSR count). The van der Waals surface area contributed by atoms with Crippen molar-refractivity contribution in [2.75, 3.05) is 24.2 Å². The Balaban J connectivity index is 1.67. The van der Waals surface area contributed by atoms with Crippen LogP contribution in [-0.4, -0.2) is 29.7 Å². The zero-order chi connectivity index (χ0) is 18.2. The van der Waals surface area contributed by atoms with Crippen LogP contribution < -0.4 is 10.6 Å². The van der Waals surface area contributed by atoms with Gasteiger partial charge in [0.05, 0.1) is 10.7 Å². The van der Waals surface area contributed by atoms with Gasteiger partial charge in [0.15, 0.2) is 0 Å². The third-order valence-electron chi connectivity index (χ3n) is 3.35. The summed E-state index contributed by atoms with van der Waals surface area (Å²) in [5.41, 5.74) is 1.96. The third kappa shape index (κ3) is 6.39. The lowest BCUT2D eigenvalue weighted by Gasteiger charge is -2.09. The van der Waals surface area contributed by atoms with Crippen LogP contribution in [0.2, 0.25) is 0 Å². The molecule has 0 aromatic heterocycles. The van der Waals surface area contributed by atoms with Gasteiger partial charge in [0.2, 0.25) is 5.91 Å². The number of nitrogens with one attached hydrogen (secondary N) is 2. The lowest BCUT2D eigenvalue weighted by Crippen LogP contribution is -2.30. The molecule has 0 aliphatic rings. The molecular weight excluding hydrogens is 406 g/mol. The van der Waals surface area contributed by atoms with Gasteiger partial charge < -0.3 is 10.6 Å². The van der Waals surface area contributed by atoms with Crippen LogP contribution in [0.15, 0.2) is 51.8 Å². The molecule has 0 aliphatic carbocycles. The van der Waals surface area contributed by atoms with Crippen molar-refractivity contribution in [3.05, 3.63) is 62.6 Å². The van der Waals surface area contributed by atoms with Crippen LogP contribution in [0.3, 0.4) is 0 Å². The predicted molar refractivity (Wildman–Crippen MR) is 104 cm³/mol. The standard InChI is InChI=1S/C17H18BrN3O3S/c1-12-10-13(18)2-7-16(12)25-11-17(22)20-9-8-19-14-3-5-15(6-4-14)21(23)24/h2-7,10,19H,8-9,11H2,1H3,(H,20,22). The monoisotopic (exact) mass is 423 g/mol. The van der Waals surface area contributed by atoms with Crippen LogP contribution in [0.25, 0.3) is 0 Å². The van der Waals surface area contributed by atoms with Gasteiger partial charge in [0.25, 0.3) is 5.69 Å². The molecule has 0 atom stereocenters. The molecular formula is C17H18BrN3O3S. The van der Waals surface area contributed by atoms with Crippen LogP contribution >= 0.6 is 27.7 Å². The van der Waals surface area contributed by atoms with E-state index in [1.54, 1.807) is 12.1 Å². The Morgan fingerprint density at radius 1 is 1.20 bits per heavy atom. The average Bonchev–Trinajstić information content (AvgIpc) is 2.58. The number of anilines is 1. The maximum absolute atomic E-state index is 11.9. The number of hydrogen-bond acceptors (Lipinski definition) is 5. The van der Waals surface area contributed by atoms with E-state index in [9.17, 15) is 14.9 Å². The van der Waals surface area contributed by atoms with E-state index in [-0.39, 0.29) is 11.6 Å². The second-order valence-electron chi connectivity index (χ2n) is 5.28. The number of hydrogen-bond donors (Lipinski definition) is 2. The number of non-ortho nitro benzene ring substituents is 1. The molecule has 2 N–H and O–H groups in total. The average molecular weight is 424 g/mol. The molecule has 0 radical (unpaired) electrons. The summed E-state index contributed by atoms with van der Waals surface area (Å²) in [5, 5.41) is 16.5. The highest BCUT2D eigenvalue weighted by Crippen LogP contribution is 2.25. The van der Waals surface area contributed by atoms with E-state index in [4.69, 9.17) is 0 Å². The van der Waals surface area contributed by atoms with E-state index in [1.807, 2.05) is 25.1 Å². The Labute approximate surface area is 158 Å². The first-order chi connectivity index (χ1) is 12.0. The van der Waals surface area contributed by atoms with Crippen molar-refractivity contribution in [2.24, 2.45) is 0 Å². The Kier molecular flexibility index (Phi) is 7.27. The van der Waals surface area contributed by atoms with Crippen LogP contribution in [-0.2, 0) is 4.79 Å². The summed E-state index contributed by atoms with van der Waals surface area (Å²) in [5.74, 6) is 0.331. The summed E-state index contributed by atoms with van der Waals surface area (Å²) >= 11 is 4.93. The van der Waals surface area contributed by atoms with Gasteiger partial charge >= 0.3 is 0 Å². The number of benzene rings is 2. The Morgan fingerprint density at radius 2 is 1.92 bits per heavy atom. The summed E-state index contributed by atoms with van der Waals surface area (Å²) in [4.78, 5) is 23.1. The Bertz CT molecular complexity index is 753. The van der Waals surface area contributed by atoms with E-state index >= 15 is 0 Å². The molecule has 0 saturated carbocycles. The predicted octanol–water partition coefficient (Wildman–Crippen LogP) is 3.99. The van der Waals surface area contributed by atoms with E-state index in [0.29, 0.717) is 18.8 Å². The molecule has 0 bridgehead atoms. The Morgan fingerprint density at radius 3 is 2.56 bits per heavy atom. The van der Waals surface area contributed by atoms with Gasteiger partial charge in [-0.25, -0.2) is 0 Å². The molecule has 0 aliphatic heterocycles.